The van der Waals surface area contributed by atoms with Gasteiger partial charge in [0.05, 0.1) is 26.4 Å². The van der Waals surface area contributed by atoms with E-state index < -0.39 is 0 Å². The lowest BCUT2D eigenvalue weighted by molar-refractivity contribution is 0.0363. The summed E-state index contributed by atoms with van der Waals surface area (Å²) < 4.78 is 7.14. The average Bonchev–Trinajstić information content (AvgIpc) is 2.77. The van der Waals surface area contributed by atoms with Crippen molar-refractivity contribution in [3.05, 3.63) is 19.2 Å². The molecule has 1 atom stereocenters. The maximum absolute atomic E-state index is 12.2. The molecule has 112 valence electrons. The van der Waals surface area contributed by atoms with E-state index in [1.54, 1.807) is 0 Å². The van der Waals surface area contributed by atoms with Gasteiger partial charge in [-0.15, -0.1) is 11.3 Å². The highest BCUT2D eigenvalue weighted by Gasteiger charge is 2.17. The van der Waals surface area contributed by atoms with Crippen molar-refractivity contribution in [3.63, 3.8) is 0 Å². The number of carbonyl (C=O) groups is 1. The first-order valence-electron chi connectivity index (χ1n) is 6.62. The second-order valence-electron chi connectivity index (χ2n) is 4.86. The highest BCUT2D eigenvalue weighted by molar-refractivity contribution is 9.12. The molecule has 1 aliphatic heterocycles. The van der Waals surface area contributed by atoms with Crippen molar-refractivity contribution in [3.8, 4) is 0 Å². The van der Waals surface area contributed by atoms with Crippen molar-refractivity contribution in [2.75, 3.05) is 32.8 Å². The third-order valence-corrected chi connectivity index (χ3v) is 5.60. The van der Waals surface area contributed by atoms with Gasteiger partial charge in [-0.05, 0) is 51.3 Å². The van der Waals surface area contributed by atoms with Gasteiger partial charge in [-0.3, -0.25) is 9.69 Å². The summed E-state index contributed by atoms with van der Waals surface area (Å²) in [5.74, 6) is -0.0201. The molecule has 1 aliphatic rings. The van der Waals surface area contributed by atoms with Crippen LogP contribution in [0.4, 0.5) is 0 Å². The normalized spacial score (nSPS) is 17.9. The molecule has 1 aromatic heterocycles. The lowest BCUT2D eigenvalue weighted by Crippen LogP contribution is -2.40. The zero-order valence-electron chi connectivity index (χ0n) is 11.3. The van der Waals surface area contributed by atoms with E-state index in [9.17, 15) is 4.79 Å². The topological polar surface area (TPSA) is 41.6 Å². The Balaban J connectivity index is 1.77. The minimum atomic E-state index is -0.0201. The number of amides is 1. The van der Waals surface area contributed by atoms with Crippen LogP contribution in [-0.4, -0.2) is 49.7 Å². The minimum absolute atomic E-state index is 0.0201. The largest absolute Gasteiger partial charge is 0.379 e. The van der Waals surface area contributed by atoms with Gasteiger partial charge in [0.1, 0.15) is 0 Å². The van der Waals surface area contributed by atoms with Crippen LogP contribution in [0, 0.1) is 0 Å². The Morgan fingerprint density at radius 1 is 1.50 bits per heavy atom. The summed E-state index contributed by atoms with van der Waals surface area (Å²) in [4.78, 5) is 14.5. The summed E-state index contributed by atoms with van der Waals surface area (Å²) >= 11 is 8.32. The van der Waals surface area contributed by atoms with Gasteiger partial charge in [0.2, 0.25) is 0 Å². The predicted octanol–water partition coefficient (Wildman–Crippen LogP) is 3.11. The smallest absolute Gasteiger partial charge is 0.253 e. The fourth-order valence-corrected chi connectivity index (χ4v) is 4.86. The summed E-state index contributed by atoms with van der Waals surface area (Å²) in [6, 6.07) is 2.01. The third-order valence-electron chi connectivity index (χ3n) is 3.26. The van der Waals surface area contributed by atoms with Crippen LogP contribution in [0.3, 0.4) is 0 Å². The molecule has 1 amide bonds. The third kappa shape index (κ3) is 4.80. The number of hydrogen-bond donors (Lipinski definition) is 1. The number of morpholine rings is 1. The van der Waals surface area contributed by atoms with Crippen molar-refractivity contribution in [2.45, 2.75) is 19.4 Å². The first-order valence-corrected chi connectivity index (χ1v) is 9.02. The van der Waals surface area contributed by atoms with E-state index in [2.05, 4.69) is 42.1 Å². The van der Waals surface area contributed by atoms with E-state index in [4.69, 9.17) is 4.74 Å². The molecule has 2 rings (SSSR count). The fourth-order valence-electron chi connectivity index (χ4n) is 2.07. The van der Waals surface area contributed by atoms with Gasteiger partial charge in [-0.2, -0.15) is 0 Å². The van der Waals surface area contributed by atoms with Gasteiger partial charge in [0.25, 0.3) is 5.91 Å². The molecule has 1 unspecified atom stereocenters. The summed E-state index contributed by atoms with van der Waals surface area (Å²) in [7, 11) is 0. The lowest BCUT2D eigenvalue weighted by Gasteiger charge is -2.27. The summed E-state index contributed by atoms with van der Waals surface area (Å²) in [5, 5.41) is 3.05. The molecule has 1 aromatic rings. The standard InChI is InChI=1S/C13H18Br2N2O2S/c1-9(2-3-17-4-6-19-7-5-17)16-13(18)10-8-11(14)20-12(10)15/h8-9H,2-7H2,1H3,(H,16,18). The fraction of sp³-hybridized carbons (Fsp3) is 0.615. The molecule has 2 heterocycles. The maximum atomic E-state index is 12.2. The van der Waals surface area contributed by atoms with E-state index >= 15 is 0 Å². The van der Waals surface area contributed by atoms with Crippen LogP contribution in [0.15, 0.2) is 13.6 Å². The Morgan fingerprint density at radius 2 is 2.20 bits per heavy atom. The molecule has 1 N–H and O–H groups in total. The van der Waals surface area contributed by atoms with Crippen LogP contribution in [0.5, 0.6) is 0 Å². The van der Waals surface area contributed by atoms with Gasteiger partial charge < -0.3 is 10.1 Å². The maximum Gasteiger partial charge on any atom is 0.253 e. The molecule has 0 aliphatic carbocycles. The van der Waals surface area contributed by atoms with Gasteiger partial charge in [-0.25, -0.2) is 0 Å². The van der Waals surface area contributed by atoms with Crippen LogP contribution >= 0.6 is 43.2 Å². The van der Waals surface area contributed by atoms with Crippen LogP contribution in [0.25, 0.3) is 0 Å². The number of thiophene rings is 1. The van der Waals surface area contributed by atoms with Gasteiger partial charge in [-0.1, -0.05) is 0 Å². The number of carbonyl (C=O) groups excluding carboxylic acids is 1. The summed E-state index contributed by atoms with van der Waals surface area (Å²) in [5.41, 5.74) is 0.695. The van der Waals surface area contributed by atoms with Crippen molar-refractivity contribution < 1.29 is 9.53 Å². The highest BCUT2D eigenvalue weighted by Crippen LogP contribution is 2.31. The molecule has 1 saturated heterocycles. The SMILES string of the molecule is CC(CCN1CCOCC1)NC(=O)c1cc(Br)sc1Br. The zero-order valence-corrected chi connectivity index (χ0v) is 15.3. The molecule has 0 aromatic carbocycles. The summed E-state index contributed by atoms with van der Waals surface area (Å²) in [6.45, 7) is 6.66. The first kappa shape index (κ1) is 16.4. The van der Waals surface area contributed by atoms with Gasteiger partial charge in [0, 0.05) is 25.7 Å². The van der Waals surface area contributed by atoms with E-state index in [1.165, 1.54) is 11.3 Å². The molecule has 1 fully saturated rings. The Kier molecular flexibility index (Phi) is 6.48. The molecule has 4 nitrogen and oxygen atoms in total. The van der Waals surface area contributed by atoms with Crippen molar-refractivity contribution in [1.29, 1.82) is 0 Å². The predicted molar refractivity (Wildman–Crippen MR) is 88.5 cm³/mol. The monoisotopic (exact) mass is 424 g/mol. The van der Waals surface area contributed by atoms with E-state index in [0.717, 1.165) is 46.8 Å². The number of rotatable bonds is 5. The van der Waals surface area contributed by atoms with E-state index in [1.807, 2.05) is 13.0 Å². The Morgan fingerprint density at radius 3 is 2.80 bits per heavy atom. The Hall–Kier alpha value is 0.0500. The van der Waals surface area contributed by atoms with Crippen molar-refractivity contribution >= 4 is 49.1 Å². The quantitative estimate of drug-likeness (QED) is 0.787. The van der Waals surface area contributed by atoms with Crippen molar-refractivity contribution in [2.24, 2.45) is 0 Å². The number of halogens is 2. The summed E-state index contributed by atoms with van der Waals surface area (Å²) in [6.07, 6.45) is 0.953. The molecule has 0 saturated carbocycles. The Bertz CT molecular complexity index is 461. The first-order chi connectivity index (χ1) is 9.56. The Labute approximate surface area is 140 Å². The lowest BCUT2D eigenvalue weighted by atomic mass is 10.2. The van der Waals surface area contributed by atoms with Crippen LogP contribution in [0.2, 0.25) is 0 Å². The average molecular weight is 426 g/mol. The number of nitrogens with one attached hydrogen (secondary N) is 1. The van der Waals surface area contributed by atoms with Crippen LogP contribution in [0.1, 0.15) is 23.7 Å². The van der Waals surface area contributed by atoms with E-state index in [0.29, 0.717) is 5.56 Å². The number of nitrogens with zero attached hydrogens (tertiary/aromatic N) is 1. The van der Waals surface area contributed by atoms with Crippen LogP contribution < -0.4 is 5.32 Å². The van der Waals surface area contributed by atoms with Gasteiger partial charge in [0.15, 0.2) is 0 Å². The highest BCUT2D eigenvalue weighted by atomic mass is 79.9. The molecule has 0 spiro atoms. The second kappa shape index (κ2) is 7.89. The molecule has 0 radical (unpaired) electrons. The number of ether oxygens (including phenoxy) is 1. The number of hydrogen-bond acceptors (Lipinski definition) is 4. The van der Waals surface area contributed by atoms with Crippen molar-refractivity contribution in [1.82, 2.24) is 10.2 Å². The molecular formula is C13H18Br2N2O2S. The molecule has 7 heteroatoms. The molecular weight excluding hydrogens is 408 g/mol. The minimum Gasteiger partial charge on any atom is -0.379 e. The second-order valence-corrected chi connectivity index (χ2v) is 8.60. The zero-order chi connectivity index (χ0) is 14.5. The molecule has 0 bridgehead atoms. The van der Waals surface area contributed by atoms with Crippen LogP contribution in [-0.2, 0) is 4.74 Å². The van der Waals surface area contributed by atoms with E-state index in [-0.39, 0.29) is 11.9 Å². The molecule has 20 heavy (non-hydrogen) atoms. The van der Waals surface area contributed by atoms with Gasteiger partial charge >= 0.3 is 0 Å².